The molecule has 0 radical (unpaired) electrons. The summed E-state index contributed by atoms with van der Waals surface area (Å²) in [5.74, 6) is 0. The molecule has 0 saturated heterocycles. The highest BCUT2D eigenvalue weighted by atomic mass is 15.0. The zero-order valence-corrected chi connectivity index (χ0v) is 25.9. The molecule has 0 saturated carbocycles. The maximum Gasteiger partial charge on any atom is 0.0991 e. The standard InChI is InChI=1S/C45H27N3/c46-28-29-14-15-30-16-17-33-25-35(20-22-36(33)40(30)24-29)48-43-13-7-5-11-38(43)41-26-31(19-23-44(41)48)32-18-21-39-37-10-4-6-12-42(37)47(45(39)27-32)34-8-2-1-3-9-34/h1-27H. The van der Waals surface area contributed by atoms with Gasteiger partial charge >= 0.3 is 0 Å². The summed E-state index contributed by atoms with van der Waals surface area (Å²) >= 11 is 0. The molecule has 0 bridgehead atoms. The fraction of sp³-hybridized carbons (Fsp3) is 0. The van der Waals surface area contributed by atoms with Crippen molar-refractivity contribution in [2.75, 3.05) is 0 Å². The van der Waals surface area contributed by atoms with Gasteiger partial charge < -0.3 is 9.13 Å². The third-order valence-electron chi connectivity index (χ3n) is 9.90. The minimum Gasteiger partial charge on any atom is -0.309 e. The van der Waals surface area contributed by atoms with Crippen LogP contribution in [0.3, 0.4) is 0 Å². The van der Waals surface area contributed by atoms with Crippen molar-refractivity contribution < 1.29 is 0 Å². The van der Waals surface area contributed by atoms with E-state index in [0.717, 1.165) is 32.9 Å². The minimum atomic E-state index is 0.679. The number of hydrogen-bond acceptors (Lipinski definition) is 1. The Balaban J connectivity index is 1.16. The van der Waals surface area contributed by atoms with Crippen LogP contribution in [0.4, 0.5) is 0 Å². The van der Waals surface area contributed by atoms with Gasteiger partial charge in [-0.3, -0.25) is 0 Å². The van der Waals surface area contributed by atoms with E-state index in [1.54, 1.807) is 0 Å². The van der Waals surface area contributed by atoms with Crippen LogP contribution < -0.4 is 0 Å². The first kappa shape index (κ1) is 26.6. The lowest BCUT2D eigenvalue weighted by atomic mass is 9.99. The van der Waals surface area contributed by atoms with Gasteiger partial charge in [0, 0.05) is 32.9 Å². The minimum absolute atomic E-state index is 0.679. The molecule has 10 rings (SSSR count). The summed E-state index contributed by atoms with van der Waals surface area (Å²) in [4.78, 5) is 0. The van der Waals surface area contributed by atoms with Crippen LogP contribution in [-0.2, 0) is 0 Å². The first-order valence-electron chi connectivity index (χ1n) is 16.2. The highest BCUT2D eigenvalue weighted by Gasteiger charge is 2.16. The summed E-state index contributed by atoms with van der Waals surface area (Å²) in [6.07, 6.45) is 0. The first-order chi connectivity index (χ1) is 23.7. The number of hydrogen-bond donors (Lipinski definition) is 0. The quantitative estimate of drug-likeness (QED) is 0.183. The Hall–Kier alpha value is -6.63. The fourth-order valence-electron chi connectivity index (χ4n) is 7.69. The number of nitriles is 1. The Kier molecular flexibility index (Phi) is 5.64. The summed E-state index contributed by atoms with van der Waals surface area (Å²) in [6, 6.07) is 61.0. The molecule has 0 N–H and O–H groups in total. The number of para-hydroxylation sites is 3. The van der Waals surface area contributed by atoms with E-state index in [1.807, 2.05) is 18.2 Å². The van der Waals surface area contributed by atoms with Gasteiger partial charge in [0.25, 0.3) is 0 Å². The van der Waals surface area contributed by atoms with Crippen molar-refractivity contribution in [1.29, 1.82) is 5.26 Å². The van der Waals surface area contributed by atoms with Crippen LogP contribution in [0.5, 0.6) is 0 Å². The van der Waals surface area contributed by atoms with Crippen LogP contribution in [0.1, 0.15) is 5.56 Å². The molecule has 0 spiro atoms. The van der Waals surface area contributed by atoms with E-state index in [1.165, 1.54) is 54.7 Å². The maximum absolute atomic E-state index is 9.51. The highest BCUT2D eigenvalue weighted by molar-refractivity contribution is 6.13. The molecule has 0 fully saturated rings. The van der Waals surface area contributed by atoms with Crippen molar-refractivity contribution in [2.45, 2.75) is 0 Å². The zero-order chi connectivity index (χ0) is 31.8. The summed E-state index contributed by atoms with van der Waals surface area (Å²) in [5.41, 5.74) is 10.1. The van der Waals surface area contributed by atoms with Crippen molar-refractivity contribution in [3.05, 3.63) is 169 Å². The van der Waals surface area contributed by atoms with Crippen LogP contribution >= 0.6 is 0 Å². The number of aromatic nitrogens is 2. The second-order valence-electron chi connectivity index (χ2n) is 12.5. The van der Waals surface area contributed by atoms with Crippen molar-refractivity contribution in [2.24, 2.45) is 0 Å². The van der Waals surface area contributed by atoms with E-state index in [0.29, 0.717) is 5.56 Å². The van der Waals surface area contributed by atoms with E-state index >= 15 is 0 Å². The molecule has 0 amide bonds. The molecular weight excluding hydrogens is 583 g/mol. The smallest absolute Gasteiger partial charge is 0.0991 e. The topological polar surface area (TPSA) is 33.6 Å². The molecule has 48 heavy (non-hydrogen) atoms. The summed E-state index contributed by atoms with van der Waals surface area (Å²) in [5, 5.41) is 19.0. The first-order valence-corrected chi connectivity index (χ1v) is 16.2. The summed E-state index contributed by atoms with van der Waals surface area (Å²) < 4.78 is 4.75. The van der Waals surface area contributed by atoms with Crippen LogP contribution in [0, 0.1) is 11.3 Å². The van der Waals surface area contributed by atoms with Gasteiger partial charge in [-0.1, -0.05) is 97.1 Å². The lowest BCUT2D eigenvalue weighted by Crippen LogP contribution is -1.94. The normalized spacial score (nSPS) is 11.7. The van der Waals surface area contributed by atoms with E-state index in [9.17, 15) is 5.26 Å². The summed E-state index contributed by atoms with van der Waals surface area (Å²) in [6.45, 7) is 0. The van der Waals surface area contributed by atoms with E-state index in [4.69, 9.17) is 0 Å². The number of benzene rings is 8. The van der Waals surface area contributed by atoms with Crippen molar-refractivity contribution in [3.63, 3.8) is 0 Å². The third kappa shape index (κ3) is 3.87. The van der Waals surface area contributed by atoms with Crippen LogP contribution in [0.15, 0.2) is 164 Å². The monoisotopic (exact) mass is 609 g/mol. The summed E-state index contributed by atoms with van der Waals surface area (Å²) in [7, 11) is 0. The Labute approximate surface area is 276 Å². The molecule has 3 heteroatoms. The number of nitrogens with zero attached hydrogens (tertiary/aromatic N) is 3. The van der Waals surface area contributed by atoms with Gasteiger partial charge in [-0.2, -0.15) is 5.26 Å². The van der Waals surface area contributed by atoms with Gasteiger partial charge in [0.15, 0.2) is 0 Å². The SMILES string of the molecule is N#Cc1ccc2ccc3cc(-n4c5ccccc5c5cc(-c6ccc7c8ccccc8n(-c8ccccc8)c7c6)ccc54)ccc3c2c1. The van der Waals surface area contributed by atoms with E-state index < -0.39 is 0 Å². The van der Waals surface area contributed by atoms with Crippen molar-refractivity contribution >= 4 is 65.2 Å². The number of rotatable bonds is 3. The maximum atomic E-state index is 9.51. The average Bonchev–Trinajstić information content (AvgIpc) is 3.67. The molecule has 2 heterocycles. The predicted molar refractivity (Wildman–Crippen MR) is 200 cm³/mol. The molecule has 0 aliphatic heterocycles. The molecule has 0 aliphatic carbocycles. The lowest BCUT2D eigenvalue weighted by Gasteiger charge is -2.11. The fourth-order valence-corrected chi connectivity index (χ4v) is 7.69. The van der Waals surface area contributed by atoms with Gasteiger partial charge in [0.1, 0.15) is 0 Å². The van der Waals surface area contributed by atoms with Crippen molar-refractivity contribution in [1.82, 2.24) is 9.13 Å². The molecule has 0 unspecified atom stereocenters. The third-order valence-corrected chi connectivity index (χ3v) is 9.90. The van der Waals surface area contributed by atoms with Gasteiger partial charge in [0.2, 0.25) is 0 Å². The molecule has 8 aromatic carbocycles. The largest absolute Gasteiger partial charge is 0.309 e. The Morgan fingerprint density at radius 3 is 1.77 bits per heavy atom. The molecule has 222 valence electrons. The van der Waals surface area contributed by atoms with Crippen LogP contribution in [-0.4, -0.2) is 9.13 Å². The van der Waals surface area contributed by atoms with Gasteiger partial charge in [-0.05, 0) is 99.4 Å². The average molecular weight is 610 g/mol. The van der Waals surface area contributed by atoms with Crippen LogP contribution in [0.2, 0.25) is 0 Å². The Bertz CT molecular complexity index is 2950. The molecule has 3 nitrogen and oxygen atoms in total. The van der Waals surface area contributed by atoms with E-state index in [-0.39, 0.29) is 0 Å². The Morgan fingerprint density at radius 2 is 0.958 bits per heavy atom. The second-order valence-corrected chi connectivity index (χ2v) is 12.5. The second kappa shape index (κ2) is 10.2. The predicted octanol–water partition coefficient (Wildman–Crippen LogP) is 11.7. The molecule has 2 aromatic heterocycles. The molecule has 0 aliphatic rings. The molecule has 10 aromatic rings. The Morgan fingerprint density at radius 1 is 0.354 bits per heavy atom. The van der Waals surface area contributed by atoms with Gasteiger partial charge in [-0.25, -0.2) is 0 Å². The zero-order valence-electron chi connectivity index (χ0n) is 25.9. The van der Waals surface area contributed by atoms with Gasteiger partial charge in [0.05, 0.1) is 33.7 Å². The van der Waals surface area contributed by atoms with Crippen LogP contribution in [0.25, 0.3) is 87.7 Å². The molecule has 0 atom stereocenters. The van der Waals surface area contributed by atoms with Crippen molar-refractivity contribution in [3.8, 4) is 28.6 Å². The van der Waals surface area contributed by atoms with E-state index in [2.05, 4.69) is 161 Å². The number of fused-ring (bicyclic) bond motifs is 9. The lowest BCUT2D eigenvalue weighted by molar-refractivity contribution is 1.18. The molecular formula is C45H27N3. The highest BCUT2D eigenvalue weighted by Crippen LogP contribution is 2.39. The van der Waals surface area contributed by atoms with Gasteiger partial charge in [-0.15, -0.1) is 0 Å².